The van der Waals surface area contributed by atoms with E-state index in [2.05, 4.69) is 10.2 Å². The Morgan fingerprint density at radius 3 is 2.52 bits per heavy atom. The molecule has 0 amide bonds. The van der Waals surface area contributed by atoms with E-state index in [1.54, 1.807) is 0 Å². The fourth-order valence-corrected chi connectivity index (χ4v) is 3.23. The van der Waals surface area contributed by atoms with Gasteiger partial charge in [-0.1, -0.05) is 18.2 Å². The fourth-order valence-electron chi connectivity index (χ4n) is 3.23. The van der Waals surface area contributed by atoms with Crippen molar-refractivity contribution in [2.45, 2.75) is 38.1 Å². The van der Waals surface area contributed by atoms with Crippen molar-refractivity contribution in [1.82, 2.24) is 10.2 Å². The number of nitrogens with zero attached hydrogens (tertiary/aromatic N) is 1. The lowest BCUT2D eigenvalue weighted by atomic mass is 9.97. The predicted molar refractivity (Wildman–Crippen MR) is 86.7 cm³/mol. The fraction of sp³-hybridized carbons (Fsp3) is 0.667. The summed E-state index contributed by atoms with van der Waals surface area (Å²) in [6.07, 6.45) is 6.65. The maximum absolute atomic E-state index is 5.81. The number of ether oxygens (including phenoxy) is 1. The molecule has 3 nitrogen and oxygen atoms in total. The monoisotopic (exact) mass is 288 g/mol. The molecule has 3 heteroatoms. The summed E-state index contributed by atoms with van der Waals surface area (Å²) in [5.41, 5.74) is 0. The van der Waals surface area contributed by atoms with Crippen LogP contribution in [-0.2, 0) is 0 Å². The molecule has 2 fully saturated rings. The van der Waals surface area contributed by atoms with Gasteiger partial charge < -0.3 is 10.1 Å². The van der Waals surface area contributed by atoms with Crippen LogP contribution < -0.4 is 10.1 Å². The van der Waals surface area contributed by atoms with Crippen molar-refractivity contribution in [3.05, 3.63) is 30.3 Å². The summed E-state index contributed by atoms with van der Waals surface area (Å²) < 4.78 is 5.81. The van der Waals surface area contributed by atoms with Gasteiger partial charge >= 0.3 is 0 Å². The number of hydrogen-bond acceptors (Lipinski definition) is 3. The molecule has 1 aliphatic heterocycles. The second kappa shape index (κ2) is 7.81. The molecule has 1 saturated carbocycles. The first kappa shape index (κ1) is 14.9. The Hall–Kier alpha value is -1.06. The highest BCUT2D eigenvalue weighted by atomic mass is 16.5. The molecule has 0 atom stereocenters. The van der Waals surface area contributed by atoms with Gasteiger partial charge in [0.25, 0.3) is 0 Å². The van der Waals surface area contributed by atoms with Crippen molar-refractivity contribution in [2.75, 3.05) is 32.8 Å². The molecule has 0 radical (unpaired) electrons. The minimum absolute atomic E-state index is 0.833. The van der Waals surface area contributed by atoms with Gasteiger partial charge in [-0.15, -0.1) is 0 Å². The van der Waals surface area contributed by atoms with Gasteiger partial charge in [0, 0.05) is 19.1 Å². The number of benzene rings is 1. The minimum Gasteiger partial charge on any atom is -0.494 e. The van der Waals surface area contributed by atoms with Gasteiger partial charge in [0.05, 0.1) is 6.61 Å². The largest absolute Gasteiger partial charge is 0.494 e. The van der Waals surface area contributed by atoms with E-state index in [0.29, 0.717) is 0 Å². The molecule has 1 aliphatic carbocycles. The first-order chi connectivity index (χ1) is 10.4. The standard InChI is InChI=1S/C18H28N2O/c1-2-5-18(6-3-1)21-14-4-13-20(17-7-8-17)15-16-9-11-19-12-10-16/h1-3,5-6,16-17,19H,4,7-15H2. The highest BCUT2D eigenvalue weighted by molar-refractivity contribution is 5.20. The highest BCUT2D eigenvalue weighted by Gasteiger charge is 2.30. The maximum atomic E-state index is 5.81. The lowest BCUT2D eigenvalue weighted by molar-refractivity contribution is 0.182. The van der Waals surface area contributed by atoms with E-state index in [1.165, 1.54) is 51.9 Å². The van der Waals surface area contributed by atoms with Crippen molar-refractivity contribution in [3.8, 4) is 5.75 Å². The third kappa shape index (κ3) is 5.01. The van der Waals surface area contributed by atoms with Crippen molar-refractivity contribution in [3.63, 3.8) is 0 Å². The molecule has 1 heterocycles. The van der Waals surface area contributed by atoms with E-state index in [9.17, 15) is 0 Å². The van der Waals surface area contributed by atoms with Crippen LogP contribution in [0.1, 0.15) is 32.1 Å². The molecular weight excluding hydrogens is 260 g/mol. The predicted octanol–water partition coefficient (Wildman–Crippen LogP) is 2.92. The van der Waals surface area contributed by atoms with Crippen LogP contribution in [0.25, 0.3) is 0 Å². The lowest BCUT2D eigenvalue weighted by Crippen LogP contribution is -2.38. The second-order valence-electron chi connectivity index (χ2n) is 6.43. The van der Waals surface area contributed by atoms with Crippen LogP contribution in [0.15, 0.2) is 30.3 Å². The van der Waals surface area contributed by atoms with Gasteiger partial charge in [-0.25, -0.2) is 0 Å². The summed E-state index contributed by atoms with van der Waals surface area (Å²) >= 11 is 0. The van der Waals surface area contributed by atoms with Crippen molar-refractivity contribution < 1.29 is 4.74 Å². The highest BCUT2D eigenvalue weighted by Crippen LogP contribution is 2.29. The van der Waals surface area contributed by atoms with Crippen LogP contribution in [0, 0.1) is 5.92 Å². The molecule has 116 valence electrons. The van der Waals surface area contributed by atoms with Gasteiger partial charge in [0.15, 0.2) is 0 Å². The zero-order valence-corrected chi connectivity index (χ0v) is 13.0. The topological polar surface area (TPSA) is 24.5 Å². The normalized spacial score (nSPS) is 19.9. The van der Waals surface area contributed by atoms with E-state index >= 15 is 0 Å². The van der Waals surface area contributed by atoms with Crippen molar-refractivity contribution in [2.24, 2.45) is 5.92 Å². The summed E-state index contributed by atoms with van der Waals surface area (Å²) in [5, 5.41) is 3.46. The number of hydrogen-bond donors (Lipinski definition) is 1. The van der Waals surface area contributed by atoms with Crippen molar-refractivity contribution >= 4 is 0 Å². The molecule has 0 aromatic heterocycles. The molecule has 2 aliphatic rings. The summed E-state index contributed by atoms with van der Waals surface area (Å²) in [5.74, 6) is 1.90. The Balaban J connectivity index is 1.37. The van der Waals surface area contributed by atoms with E-state index in [4.69, 9.17) is 4.74 Å². The zero-order valence-electron chi connectivity index (χ0n) is 13.0. The Labute approximate surface area is 128 Å². The number of piperidine rings is 1. The summed E-state index contributed by atoms with van der Waals surface area (Å²) in [6.45, 7) is 5.75. The Morgan fingerprint density at radius 2 is 1.81 bits per heavy atom. The van der Waals surface area contributed by atoms with Crippen molar-refractivity contribution in [1.29, 1.82) is 0 Å². The molecule has 0 unspecified atom stereocenters. The van der Waals surface area contributed by atoms with Crippen LogP contribution >= 0.6 is 0 Å². The first-order valence-corrected chi connectivity index (χ1v) is 8.54. The van der Waals surface area contributed by atoms with Crippen LogP contribution in [0.4, 0.5) is 0 Å². The Morgan fingerprint density at radius 1 is 1.05 bits per heavy atom. The number of rotatable bonds is 8. The second-order valence-corrected chi connectivity index (χ2v) is 6.43. The maximum Gasteiger partial charge on any atom is 0.119 e. The van der Waals surface area contributed by atoms with Gasteiger partial charge in [-0.2, -0.15) is 0 Å². The summed E-state index contributed by atoms with van der Waals surface area (Å²) in [7, 11) is 0. The zero-order chi connectivity index (χ0) is 14.3. The summed E-state index contributed by atoms with van der Waals surface area (Å²) in [6, 6.07) is 11.0. The molecule has 0 bridgehead atoms. The molecule has 1 saturated heterocycles. The Bertz CT molecular complexity index is 399. The molecule has 1 aromatic carbocycles. The third-order valence-corrected chi connectivity index (χ3v) is 4.62. The first-order valence-electron chi connectivity index (χ1n) is 8.54. The van der Waals surface area contributed by atoms with E-state index < -0.39 is 0 Å². The number of para-hydroxylation sites is 1. The van der Waals surface area contributed by atoms with Gasteiger partial charge in [0.1, 0.15) is 5.75 Å². The van der Waals surface area contributed by atoms with E-state index in [0.717, 1.165) is 30.7 Å². The van der Waals surface area contributed by atoms with Gasteiger partial charge in [-0.3, -0.25) is 4.90 Å². The summed E-state index contributed by atoms with van der Waals surface area (Å²) in [4.78, 5) is 2.73. The molecule has 3 rings (SSSR count). The number of nitrogens with one attached hydrogen (secondary N) is 1. The molecular formula is C18H28N2O. The van der Waals surface area contributed by atoms with Gasteiger partial charge in [-0.05, 0) is 63.2 Å². The van der Waals surface area contributed by atoms with Crippen LogP contribution in [0.2, 0.25) is 0 Å². The van der Waals surface area contributed by atoms with Crippen LogP contribution in [0.3, 0.4) is 0 Å². The molecule has 21 heavy (non-hydrogen) atoms. The lowest BCUT2D eigenvalue weighted by Gasteiger charge is -2.30. The Kier molecular flexibility index (Phi) is 5.53. The third-order valence-electron chi connectivity index (χ3n) is 4.62. The minimum atomic E-state index is 0.833. The van der Waals surface area contributed by atoms with Gasteiger partial charge in [0.2, 0.25) is 0 Å². The van der Waals surface area contributed by atoms with E-state index in [1.807, 2.05) is 30.3 Å². The average Bonchev–Trinajstić information content (AvgIpc) is 3.37. The molecule has 1 aromatic rings. The quantitative estimate of drug-likeness (QED) is 0.744. The van der Waals surface area contributed by atoms with Crippen LogP contribution in [0.5, 0.6) is 5.75 Å². The molecule has 0 spiro atoms. The average molecular weight is 288 g/mol. The molecule has 1 N–H and O–H groups in total. The SMILES string of the molecule is c1ccc(OCCCN(CC2CCNCC2)C2CC2)cc1. The van der Waals surface area contributed by atoms with Crippen LogP contribution in [-0.4, -0.2) is 43.7 Å². The smallest absolute Gasteiger partial charge is 0.119 e. The van der Waals surface area contributed by atoms with E-state index in [-0.39, 0.29) is 0 Å².